The van der Waals surface area contributed by atoms with Crippen LogP contribution in [0.15, 0.2) is 141 Å². The third-order valence-corrected chi connectivity index (χ3v) is 25.3. The van der Waals surface area contributed by atoms with Gasteiger partial charge < -0.3 is 40.7 Å². The van der Waals surface area contributed by atoms with Crippen LogP contribution in [0, 0.1) is 17.8 Å². The number of aryl methyl sites for hydroxylation is 1. The monoisotopic (exact) mass is 1500 g/mol. The van der Waals surface area contributed by atoms with Gasteiger partial charge in [-0.3, -0.25) is 24.1 Å². The Labute approximate surface area is 616 Å². The number of sulfone groups is 1. The number of hydrogen-bond donors (Lipinski definition) is 5. The zero-order chi connectivity index (χ0) is 74.4. The standard InChI is InChI=1S/C77H105F3N10O9S4/c1-10-11-19-53(2)65-48-76(8,9)35-33-59(65)49-88-42-44-89(45-43-88)61-29-27-58(28-30-61)72(93)85-103(98,99)64-31-32-66(68(47-64)102(96,97)77(78,79)80)83-60(51-100-63-20-15-14-16-21-63)34-37-87-40-38-86(39-41-87)36-18-13-12-17-22-69(92)84-71(75(5,6)7)74(95)90-50-62(91)46-67(90)73(94)82-54(3)56-23-25-57(26-24-56)70-55(4)81-52-101-70/h14-16,20-21,23-32,47,52,54,60,62,67,71,83,91H,2,10-13,17-19,22,33-46,48-51H2,1,3-9H3,(H,82,94)(H,84,92)(H,85,93)/t54-,60+,62+,67-,71+/m0/s1. The van der Waals surface area contributed by atoms with Gasteiger partial charge in [-0.2, -0.15) is 13.2 Å². The third kappa shape index (κ3) is 22.0. The van der Waals surface area contributed by atoms with Crippen LogP contribution in [0.4, 0.5) is 24.5 Å². The molecule has 0 radical (unpaired) electrons. The normalized spacial score (nSPS) is 19.0. The molecule has 4 amide bonds. The highest BCUT2D eigenvalue weighted by Gasteiger charge is 2.49. The summed E-state index contributed by atoms with van der Waals surface area (Å²) in [5.41, 5.74) is 3.01. The van der Waals surface area contributed by atoms with Crippen LogP contribution in [0.5, 0.6) is 0 Å². The number of benzene rings is 4. The van der Waals surface area contributed by atoms with Crippen LogP contribution in [0.25, 0.3) is 10.4 Å². The molecule has 9 rings (SSSR count). The van der Waals surface area contributed by atoms with Crippen molar-refractivity contribution in [1.29, 1.82) is 0 Å². The zero-order valence-electron chi connectivity index (χ0n) is 61.0. The molecule has 0 unspecified atom stereocenters. The maximum Gasteiger partial charge on any atom is 0.501 e. The molecule has 1 aliphatic carbocycles. The van der Waals surface area contributed by atoms with Gasteiger partial charge in [0.1, 0.15) is 17.0 Å². The number of anilines is 2. The number of carbonyl (C=O) groups excluding carboxylic acids is 4. The van der Waals surface area contributed by atoms with Crippen molar-refractivity contribution < 1.29 is 54.3 Å². The first-order valence-electron chi connectivity index (χ1n) is 36.3. The Hall–Kier alpha value is -6.65. The van der Waals surface area contributed by atoms with Crippen molar-refractivity contribution in [2.75, 3.05) is 94.5 Å². The number of piperazine rings is 2. The predicted molar refractivity (Wildman–Crippen MR) is 404 cm³/mol. The molecule has 4 heterocycles. The van der Waals surface area contributed by atoms with Crippen molar-refractivity contribution in [3.63, 3.8) is 0 Å². The van der Waals surface area contributed by atoms with E-state index >= 15 is 0 Å². The van der Waals surface area contributed by atoms with Gasteiger partial charge in [-0.25, -0.2) is 26.5 Å². The van der Waals surface area contributed by atoms with Gasteiger partial charge in [-0.15, -0.1) is 23.1 Å². The number of nitrogens with zero attached hydrogens (tertiary/aromatic N) is 6. The second-order valence-electron chi connectivity index (χ2n) is 30.0. The van der Waals surface area contributed by atoms with E-state index in [9.17, 15) is 54.3 Å². The molecule has 5 aromatic rings. The Bertz CT molecular complexity index is 3980. The van der Waals surface area contributed by atoms with Gasteiger partial charge >= 0.3 is 5.51 Å². The lowest BCUT2D eigenvalue weighted by molar-refractivity contribution is -0.144. The molecule has 3 saturated heterocycles. The smallest absolute Gasteiger partial charge is 0.391 e. The van der Waals surface area contributed by atoms with Crippen molar-refractivity contribution in [1.82, 2.24) is 39.9 Å². The number of hydrogen-bond acceptors (Lipinski definition) is 17. The summed E-state index contributed by atoms with van der Waals surface area (Å²) in [5, 5.41) is 19.8. The molecule has 1 aromatic heterocycles. The summed E-state index contributed by atoms with van der Waals surface area (Å²) in [6.45, 7) is 29.1. The van der Waals surface area contributed by atoms with Crippen molar-refractivity contribution in [3.05, 3.63) is 143 Å². The highest BCUT2D eigenvalue weighted by atomic mass is 32.2. The maximum absolute atomic E-state index is 14.6. The Morgan fingerprint density at radius 1 is 0.806 bits per heavy atom. The number of sulfonamides is 1. The minimum absolute atomic E-state index is 0.0146. The molecule has 26 heteroatoms. The number of thioether (sulfide) groups is 1. The molecule has 19 nitrogen and oxygen atoms in total. The largest absolute Gasteiger partial charge is 0.501 e. The Balaban J connectivity index is 0.734. The van der Waals surface area contributed by atoms with Crippen LogP contribution in [0.3, 0.4) is 0 Å². The van der Waals surface area contributed by atoms with Crippen LogP contribution in [-0.2, 0) is 34.2 Å². The van der Waals surface area contributed by atoms with Gasteiger partial charge in [-0.1, -0.05) is 121 Å². The van der Waals surface area contributed by atoms with Crippen LogP contribution in [0.1, 0.15) is 160 Å². The van der Waals surface area contributed by atoms with E-state index in [2.05, 4.69) is 67.9 Å². The lowest BCUT2D eigenvalue weighted by atomic mass is 9.72. The average Bonchev–Trinajstić information content (AvgIpc) is 1.48. The summed E-state index contributed by atoms with van der Waals surface area (Å²) in [5.74, 6) is -1.79. The number of aliphatic hydroxyl groups excluding tert-OH is 1. The number of thiazole rings is 1. The second-order valence-corrected chi connectivity index (χ2v) is 35.5. The minimum Gasteiger partial charge on any atom is -0.391 e. The summed E-state index contributed by atoms with van der Waals surface area (Å²) in [4.78, 5) is 70.0. The maximum atomic E-state index is 14.6. The molecule has 5 N–H and O–H groups in total. The molecular weight excluding hydrogens is 1390 g/mol. The Morgan fingerprint density at radius 3 is 2.11 bits per heavy atom. The molecule has 4 aliphatic rings. The SMILES string of the molecule is C=C(CCCC)C1=C(CN2CCN(c3ccc(C(=O)NS(=O)(=O)c4ccc(N[C@H](CCN5CCN(CCCCCCC(=O)N[C@H](C(=O)N6C[C@H](O)C[C@H]6C(=O)N[C@@H](C)c6ccc(-c7scnc7C)cc6)C(C)(C)C)CC5)CSc5ccccc5)c(S(=O)(=O)C(F)(F)F)c4)cc3)CC2)CCC(C)(C)C1. The molecule has 5 atom stereocenters. The lowest BCUT2D eigenvalue weighted by Gasteiger charge is -2.39. The van der Waals surface area contributed by atoms with Crippen molar-refractivity contribution in [3.8, 4) is 10.4 Å². The molecule has 4 aromatic carbocycles. The van der Waals surface area contributed by atoms with Crippen molar-refractivity contribution in [2.24, 2.45) is 10.8 Å². The van der Waals surface area contributed by atoms with Gasteiger partial charge in [0.05, 0.1) is 38.8 Å². The number of β-amino-alcohol motifs (C(OH)–C–C–N with tert-alkyl or cyclic N) is 1. The first-order chi connectivity index (χ1) is 48.8. The number of alkyl halides is 3. The number of aromatic nitrogens is 1. The molecular formula is C77H105F3N10O9S4. The summed E-state index contributed by atoms with van der Waals surface area (Å²) in [7, 11) is -11.0. The van der Waals surface area contributed by atoms with E-state index in [1.165, 1.54) is 45.5 Å². The Kier molecular flexibility index (Phi) is 27.8. The molecule has 0 saturated carbocycles. The number of aliphatic hydroxyl groups is 1. The van der Waals surface area contributed by atoms with Gasteiger partial charge in [0, 0.05) is 113 Å². The first kappa shape index (κ1) is 80.4. The summed E-state index contributed by atoms with van der Waals surface area (Å²) >= 11 is 3.00. The molecule has 562 valence electrons. The van der Waals surface area contributed by atoms with E-state index in [4.69, 9.17) is 0 Å². The van der Waals surface area contributed by atoms with Crippen LogP contribution >= 0.6 is 23.1 Å². The van der Waals surface area contributed by atoms with Gasteiger partial charge in [0.15, 0.2) is 0 Å². The van der Waals surface area contributed by atoms with E-state index in [1.54, 1.807) is 29.0 Å². The highest BCUT2D eigenvalue weighted by molar-refractivity contribution is 7.99. The summed E-state index contributed by atoms with van der Waals surface area (Å²) < 4.78 is 100. The third-order valence-electron chi connectivity index (χ3n) is 20.3. The van der Waals surface area contributed by atoms with E-state index in [0.717, 1.165) is 155 Å². The second kappa shape index (κ2) is 35.6. The molecule has 0 spiro atoms. The number of amides is 4. The minimum atomic E-state index is -6.14. The van der Waals surface area contributed by atoms with Crippen molar-refractivity contribution in [2.45, 2.75) is 189 Å². The molecule has 3 aliphatic heterocycles. The van der Waals surface area contributed by atoms with Crippen molar-refractivity contribution >= 4 is 78.0 Å². The first-order valence-corrected chi connectivity index (χ1v) is 41.1. The Morgan fingerprint density at radius 2 is 1.47 bits per heavy atom. The van der Waals surface area contributed by atoms with Gasteiger partial charge in [0.25, 0.3) is 25.8 Å². The topological polar surface area (TPSA) is 234 Å². The van der Waals surface area contributed by atoms with Gasteiger partial charge in [0.2, 0.25) is 17.7 Å². The van der Waals surface area contributed by atoms with E-state index < -0.39 is 82.3 Å². The predicted octanol–water partition coefficient (Wildman–Crippen LogP) is 12.8. The number of likely N-dealkylation sites (tertiary alicyclic amines) is 1. The summed E-state index contributed by atoms with van der Waals surface area (Å²) in [6, 6.07) is 23.3. The van der Waals surface area contributed by atoms with E-state index in [0.29, 0.717) is 44.3 Å². The average molecular weight is 1500 g/mol. The summed E-state index contributed by atoms with van der Waals surface area (Å²) in [6.07, 6.45) is 9.44. The number of nitrogens with one attached hydrogen (secondary N) is 4. The van der Waals surface area contributed by atoms with Gasteiger partial charge in [-0.05, 0) is 154 Å². The fraction of sp³-hybridized carbons (Fsp3) is 0.545. The number of allylic oxidation sites excluding steroid dienone is 2. The fourth-order valence-electron chi connectivity index (χ4n) is 14.0. The lowest BCUT2D eigenvalue weighted by Crippen LogP contribution is -2.57. The van der Waals surface area contributed by atoms with E-state index in [-0.39, 0.29) is 48.2 Å². The quantitative estimate of drug-likeness (QED) is 0.0199. The fourth-order valence-corrected chi connectivity index (χ4v) is 17.8. The molecule has 3 fully saturated rings. The van der Waals surface area contributed by atoms with Crippen LogP contribution in [-0.4, -0.2) is 184 Å². The number of carbonyl (C=O) groups is 4. The molecule has 103 heavy (non-hydrogen) atoms. The van der Waals surface area contributed by atoms with Crippen LogP contribution in [0.2, 0.25) is 0 Å². The highest BCUT2D eigenvalue weighted by Crippen LogP contribution is 2.43. The number of unbranched alkanes of at least 4 members (excludes halogenated alkanes) is 4. The van der Waals surface area contributed by atoms with E-state index in [1.807, 2.05) is 93.9 Å². The number of rotatable bonds is 32. The number of halogens is 3. The zero-order valence-corrected chi connectivity index (χ0v) is 64.2. The molecule has 0 bridgehead atoms. The van der Waals surface area contributed by atoms with Crippen LogP contribution < -0.4 is 25.6 Å².